The van der Waals surface area contributed by atoms with Crippen molar-refractivity contribution in [3.05, 3.63) is 107 Å². The minimum absolute atomic E-state index is 0.00592. The molecule has 0 fully saturated rings. The highest BCUT2D eigenvalue weighted by Gasteiger charge is 2.27. The Kier molecular flexibility index (Phi) is 7.25. The van der Waals surface area contributed by atoms with Crippen molar-refractivity contribution in [2.45, 2.75) is 18.7 Å². The molecule has 0 saturated heterocycles. The van der Waals surface area contributed by atoms with Crippen molar-refractivity contribution in [3.8, 4) is 0 Å². The Labute approximate surface area is 173 Å². The zero-order chi connectivity index (χ0) is 21.4. The van der Waals surface area contributed by atoms with Crippen LogP contribution in [-0.2, 0) is 11.3 Å². The number of alkyl halides is 3. The molecule has 6 heteroatoms. The summed E-state index contributed by atoms with van der Waals surface area (Å²) in [5, 5.41) is 2.96. The third kappa shape index (κ3) is 6.46. The average molecular weight is 413 g/mol. The normalized spacial score (nSPS) is 11.5. The first-order valence-electron chi connectivity index (χ1n) is 9.54. The predicted octanol–water partition coefficient (Wildman–Crippen LogP) is 5.33. The summed E-state index contributed by atoms with van der Waals surface area (Å²) < 4.78 is 41.1. The van der Waals surface area contributed by atoms with E-state index in [4.69, 9.17) is 0 Å². The van der Waals surface area contributed by atoms with Crippen LogP contribution in [0, 0.1) is 0 Å². The molecule has 1 N–H and O–H groups in total. The zero-order valence-corrected chi connectivity index (χ0v) is 16.2. The van der Waals surface area contributed by atoms with E-state index in [1.165, 1.54) is 0 Å². The van der Waals surface area contributed by atoms with Crippen molar-refractivity contribution in [2.75, 3.05) is 13.2 Å². The molecule has 0 atom stereocenters. The number of carbonyl (C=O) groups is 1. The van der Waals surface area contributed by atoms with Gasteiger partial charge >= 0.3 is 6.18 Å². The molecule has 0 radical (unpaired) electrons. The molecule has 0 aliphatic heterocycles. The van der Waals surface area contributed by atoms with Crippen LogP contribution in [0.5, 0.6) is 0 Å². The number of hydrogen-bond donors (Lipinski definition) is 1. The summed E-state index contributed by atoms with van der Waals surface area (Å²) in [4.78, 5) is 12.6. The lowest BCUT2D eigenvalue weighted by Crippen LogP contribution is -2.29. The van der Waals surface area contributed by atoms with E-state index in [1.807, 2.05) is 60.7 Å². The van der Waals surface area contributed by atoms with Crippen molar-refractivity contribution < 1.29 is 22.7 Å². The zero-order valence-electron chi connectivity index (χ0n) is 16.2. The number of carbonyl (C=O) groups excluding carboxylic acids is 1. The van der Waals surface area contributed by atoms with Gasteiger partial charge in [0.2, 0.25) is 0 Å². The van der Waals surface area contributed by atoms with Crippen molar-refractivity contribution in [3.63, 3.8) is 0 Å². The van der Waals surface area contributed by atoms with Crippen molar-refractivity contribution in [2.24, 2.45) is 0 Å². The fourth-order valence-electron chi connectivity index (χ4n) is 3.13. The van der Waals surface area contributed by atoms with Crippen LogP contribution in [0.15, 0.2) is 84.9 Å². The van der Waals surface area contributed by atoms with E-state index in [2.05, 4.69) is 10.1 Å². The highest BCUT2D eigenvalue weighted by atomic mass is 19.4. The van der Waals surface area contributed by atoms with Gasteiger partial charge in [-0.1, -0.05) is 72.8 Å². The van der Waals surface area contributed by atoms with Crippen LogP contribution in [-0.4, -0.2) is 25.2 Å². The Hall–Kier alpha value is -3.12. The number of rotatable bonds is 8. The molecule has 3 aromatic carbocycles. The maximum absolute atomic E-state index is 12.6. The maximum Gasteiger partial charge on any atom is 0.411 e. The molecule has 30 heavy (non-hydrogen) atoms. The Bertz CT molecular complexity index is 887. The average Bonchev–Trinajstić information content (AvgIpc) is 2.75. The quantitative estimate of drug-likeness (QED) is 0.542. The van der Waals surface area contributed by atoms with Gasteiger partial charge in [0, 0.05) is 18.0 Å². The SMILES string of the molecule is O=C(NCC(c1ccccc1)c1ccccc1)c1ccc(COCC(F)(F)F)cc1. The van der Waals surface area contributed by atoms with E-state index in [0.717, 1.165) is 11.1 Å². The van der Waals surface area contributed by atoms with Crippen molar-refractivity contribution >= 4 is 5.91 Å². The second-order valence-electron chi connectivity index (χ2n) is 6.89. The highest BCUT2D eigenvalue weighted by molar-refractivity contribution is 5.94. The van der Waals surface area contributed by atoms with Crippen LogP contribution in [0.3, 0.4) is 0 Å². The molecule has 156 valence electrons. The van der Waals surface area contributed by atoms with E-state index >= 15 is 0 Å². The van der Waals surface area contributed by atoms with Gasteiger partial charge in [-0.2, -0.15) is 13.2 Å². The van der Waals surface area contributed by atoms with Gasteiger partial charge in [0.25, 0.3) is 5.91 Å². The van der Waals surface area contributed by atoms with Crippen molar-refractivity contribution in [1.29, 1.82) is 0 Å². The van der Waals surface area contributed by atoms with Gasteiger partial charge in [-0.15, -0.1) is 0 Å². The third-order valence-corrected chi connectivity index (χ3v) is 4.62. The number of nitrogens with one attached hydrogen (secondary N) is 1. The molecule has 0 heterocycles. The molecule has 3 rings (SSSR count). The van der Waals surface area contributed by atoms with Gasteiger partial charge in [0.1, 0.15) is 6.61 Å². The van der Waals surface area contributed by atoms with Crippen molar-refractivity contribution in [1.82, 2.24) is 5.32 Å². The molecular weight excluding hydrogens is 391 g/mol. The topological polar surface area (TPSA) is 38.3 Å². The predicted molar refractivity (Wildman–Crippen MR) is 109 cm³/mol. The molecular formula is C24H22F3NO2. The van der Waals surface area contributed by atoms with Crippen LogP contribution >= 0.6 is 0 Å². The lowest BCUT2D eigenvalue weighted by atomic mass is 9.91. The summed E-state index contributed by atoms with van der Waals surface area (Å²) in [6.45, 7) is -1.04. The molecule has 0 bridgehead atoms. The Balaban J connectivity index is 1.61. The molecule has 3 aromatic rings. The minimum atomic E-state index is -4.35. The number of benzene rings is 3. The summed E-state index contributed by atoms with van der Waals surface area (Å²) in [5.74, 6) is -0.235. The Morgan fingerprint density at radius 2 is 1.37 bits per heavy atom. The lowest BCUT2D eigenvalue weighted by Gasteiger charge is -2.19. The first-order chi connectivity index (χ1) is 14.4. The first-order valence-corrected chi connectivity index (χ1v) is 9.54. The number of ether oxygens (including phenoxy) is 1. The van der Waals surface area contributed by atoms with Crippen LogP contribution in [0.25, 0.3) is 0 Å². The third-order valence-electron chi connectivity index (χ3n) is 4.62. The fourth-order valence-corrected chi connectivity index (χ4v) is 3.13. The van der Waals surface area contributed by atoms with Crippen LogP contribution in [0.4, 0.5) is 13.2 Å². The van der Waals surface area contributed by atoms with Gasteiger partial charge in [0.05, 0.1) is 6.61 Å². The molecule has 0 saturated carbocycles. The number of amides is 1. The van der Waals surface area contributed by atoms with Gasteiger partial charge in [-0.05, 0) is 28.8 Å². The van der Waals surface area contributed by atoms with E-state index in [1.54, 1.807) is 24.3 Å². The van der Waals surface area contributed by atoms with E-state index < -0.39 is 12.8 Å². The number of halogens is 3. The molecule has 0 aliphatic carbocycles. The Morgan fingerprint density at radius 3 is 1.87 bits per heavy atom. The van der Waals surface area contributed by atoms with Crippen LogP contribution in [0.1, 0.15) is 33.0 Å². The summed E-state index contributed by atoms with van der Waals surface area (Å²) in [7, 11) is 0. The van der Waals surface area contributed by atoms with Gasteiger partial charge in [-0.3, -0.25) is 4.79 Å². The largest absolute Gasteiger partial charge is 0.411 e. The fraction of sp³-hybridized carbons (Fsp3) is 0.208. The van der Waals surface area contributed by atoms with Crippen LogP contribution in [0.2, 0.25) is 0 Å². The molecule has 0 aromatic heterocycles. The van der Waals surface area contributed by atoms with Gasteiger partial charge in [-0.25, -0.2) is 0 Å². The molecule has 1 amide bonds. The number of hydrogen-bond acceptors (Lipinski definition) is 2. The molecule has 0 unspecified atom stereocenters. The lowest BCUT2D eigenvalue weighted by molar-refractivity contribution is -0.176. The van der Waals surface area contributed by atoms with E-state index in [-0.39, 0.29) is 18.4 Å². The van der Waals surface area contributed by atoms with E-state index in [9.17, 15) is 18.0 Å². The first kappa shape index (κ1) is 21.6. The van der Waals surface area contributed by atoms with Crippen LogP contribution < -0.4 is 5.32 Å². The summed E-state index contributed by atoms with van der Waals surface area (Å²) in [6.07, 6.45) is -4.35. The highest BCUT2D eigenvalue weighted by Crippen LogP contribution is 2.24. The summed E-state index contributed by atoms with van der Waals surface area (Å²) in [6, 6.07) is 26.2. The Morgan fingerprint density at radius 1 is 0.833 bits per heavy atom. The molecule has 0 aliphatic rings. The minimum Gasteiger partial charge on any atom is -0.367 e. The monoisotopic (exact) mass is 413 g/mol. The molecule has 3 nitrogen and oxygen atoms in total. The van der Waals surface area contributed by atoms with Gasteiger partial charge in [0.15, 0.2) is 0 Å². The summed E-state index contributed by atoms with van der Waals surface area (Å²) >= 11 is 0. The second kappa shape index (κ2) is 10.1. The smallest absolute Gasteiger partial charge is 0.367 e. The standard InChI is InChI=1S/C24H22F3NO2/c25-24(26,27)17-30-16-18-11-13-21(14-12-18)23(29)28-15-22(19-7-3-1-4-8-19)20-9-5-2-6-10-20/h1-14,22H,15-17H2,(H,28,29). The second-order valence-corrected chi connectivity index (χ2v) is 6.89. The maximum atomic E-state index is 12.6. The van der Waals surface area contributed by atoms with E-state index in [0.29, 0.717) is 17.7 Å². The molecule has 0 spiro atoms. The summed E-state index contributed by atoms with van der Waals surface area (Å²) in [5.41, 5.74) is 3.21. The van der Waals surface area contributed by atoms with Gasteiger partial charge < -0.3 is 10.1 Å².